The molecule has 0 aromatic heterocycles. The largest absolute Gasteiger partial charge is 0.480 e. The van der Waals surface area contributed by atoms with Crippen molar-refractivity contribution in [3.05, 3.63) is 60.8 Å². The zero-order chi connectivity index (χ0) is 36.6. The molecule has 0 spiro atoms. The zero-order valence-electron chi connectivity index (χ0n) is 32.2. The number of rotatable bonds is 36. The van der Waals surface area contributed by atoms with E-state index in [0.717, 1.165) is 89.9 Å². The highest BCUT2D eigenvalue weighted by molar-refractivity contribution is 5.80. The summed E-state index contributed by atoms with van der Waals surface area (Å²) in [6.07, 6.45) is 50.7. The fourth-order valence-corrected chi connectivity index (χ4v) is 5.59. The maximum atomic E-state index is 12.7. The number of amides is 1. The molecule has 0 aromatic carbocycles. The quantitative estimate of drug-likeness (QED) is 0.0386. The van der Waals surface area contributed by atoms with E-state index in [0.29, 0.717) is 12.8 Å². The van der Waals surface area contributed by atoms with Crippen LogP contribution in [0.1, 0.15) is 187 Å². The smallest absolute Gasteiger partial charge is 0.322 e. The Balaban J connectivity index is 4.15. The second kappa shape index (κ2) is 38.9. The summed E-state index contributed by atoms with van der Waals surface area (Å²) in [5.41, 5.74) is 0. The third kappa shape index (κ3) is 37.9. The molecule has 50 heavy (non-hydrogen) atoms. The van der Waals surface area contributed by atoms with Crippen LogP contribution >= 0.6 is 0 Å². The van der Waals surface area contributed by atoms with Crippen LogP contribution in [0, 0.1) is 0 Å². The molecule has 0 saturated carbocycles. The molecular formula is C44H75NO5. The Bertz CT molecular complexity index is 948. The number of carbonyl (C=O) groups excluding carboxylic acids is 2. The van der Waals surface area contributed by atoms with Gasteiger partial charge in [-0.2, -0.15) is 0 Å². The number of carboxylic acid groups (broad SMARTS) is 1. The molecule has 0 aromatic rings. The van der Waals surface area contributed by atoms with Gasteiger partial charge in [0.2, 0.25) is 5.91 Å². The van der Waals surface area contributed by atoms with Gasteiger partial charge in [0, 0.05) is 12.8 Å². The third-order valence-corrected chi connectivity index (χ3v) is 8.65. The molecule has 0 radical (unpaired) electrons. The van der Waals surface area contributed by atoms with E-state index in [-0.39, 0.29) is 24.5 Å². The lowest BCUT2D eigenvalue weighted by molar-refractivity contribution is -0.147. The van der Waals surface area contributed by atoms with Gasteiger partial charge >= 0.3 is 11.9 Å². The van der Waals surface area contributed by atoms with Crippen molar-refractivity contribution in [1.29, 1.82) is 0 Å². The molecule has 6 heteroatoms. The monoisotopic (exact) mass is 698 g/mol. The molecule has 2 N–H and O–H groups in total. The lowest BCUT2D eigenvalue weighted by Gasteiger charge is -2.14. The van der Waals surface area contributed by atoms with Crippen LogP contribution in [0.2, 0.25) is 0 Å². The van der Waals surface area contributed by atoms with Crippen molar-refractivity contribution < 1.29 is 24.2 Å². The van der Waals surface area contributed by atoms with Gasteiger partial charge in [-0.25, -0.2) is 0 Å². The second-order valence-electron chi connectivity index (χ2n) is 13.5. The molecule has 0 rings (SSSR count). The van der Waals surface area contributed by atoms with E-state index >= 15 is 0 Å². The Morgan fingerprint density at radius 3 is 1.52 bits per heavy atom. The minimum absolute atomic E-state index is 0.0851. The van der Waals surface area contributed by atoms with Crippen molar-refractivity contribution in [2.75, 3.05) is 6.54 Å². The predicted molar refractivity (Wildman–Crippen MR) is 212 cm³/mol. The van der Waals surface area contributed by atoms with Crippen molar-refractivity contribution in [3.8, 4) is 0 Å². The van der Waals surface area contributed by atoms with Crippen molar-refractivity contribution in [3.63, 3.8) is 0 Å². The SMILES string of the molecule is CCCCC/C=C\C/C=C\C/C=C\CCCCCCCCC(=O)OC(/C=C\C/C=C\CCCCC)CCCCCCCCC(=O)NCC(=O)O. The number of carbonyl (C=O) groups is 3. The van der Waals surface area contributed by atoms with Crippen LogP contribution in [0.25, 0.3) is 0 Å². The summed E-state index contributed by atoms with van der Waals surface area (Å²) in [6.45, 7) is 4.15. The van der Waals surface area contributed by atoms with E-state index in [4.69, 9.17) is 9.84 Å². The van der Waals surface area contributed by atoms with E-state index in [2.05, 4.69) is 79.9 Å². The molecule has 1 amide bonds. The average molecular weight is 698 g/mol. The Kier molecular flexibility index (Phi) is 36.7. The van der Waals surface area contributed by atoms with E-state index in [1.807, 2.05) is 0 Å². The predicted octanol–water partition coefficient (Wildman–Crippen LogP) is 12.5. The number of carboxylic acids is 1. The number of ether oxygens (including phenoxy) is 1. The Hall–Kier alpha value is -2.89. The summed E-state index contributed by atoms with van der Waals surface area (Å²) in [4.78, 5) is 34.8. The number of unbranched alkanes of at least 4 members (excludes halogenated alkanes) is 17. The van der Waals surface area contributed by atoms with Gasteiger partial charge in [0.15, 0.2) is 0 Å². The molecule has 0 aliphatic heterocycles. The molecule has 0 bridgehead atoms. The minimum Gasteiger partial charge on any atom is -0.480 e. The fraction of sp³-hybridized carbons (Fsp3) is 0.705. The van der Waals surface area contributed by atoms with Crippen molar-refractivity contribution >= 4 is 17.8 Å². The summed E-state index contributed by atoms with van der Waals surface area (Å²) in [5, 5.41) is 11.0. The Morgan fingerprint density at radius 1 is 0.540 bits per heavy atom. The van der Waals surface area contributed by atoms with Gasteiger partial charge in [0.1, 0.15) is 12.6 Å². The molecule has 0 aliphatic rings. The Morgan fingerprint density at radius 2 is 0.980 bits per heavy atom. The van der Waals surface area contributed by atoms with Gasteiger partial charge in [-0.3, -0.25) is 14.4 Å². The van der Waals surface area contributed by atoms with Crippen LogP contribution in [0.3, 0.4) is 0 Å². The van der Waals surface area contributed by atoms with E-state index in [9.17, 15) is 14.4 Å². The van der Waals surface area contributed by atoms with Gasteiger partial charge in [-0.1, -0.05) is 146 Å². The number of hydrogen-bond acceptors (Lipinski definition) is 4. The molecule has 0 fully saturated rings. The van der Waals surface area contributed by atoms with Gasteiger partial charge in [-0.05, 0) is 89.5 Å². The van der Waals surface area contributed by atoms with Gasteiger partial charge in [0.05, 0.1) is 0 Å². The highest BCUT2D eigenvalue weighted by Crippen LogP contribution is 2.15. The highest BCUT2D eigenvalue weighted by atomic mass is 16.5. The molecule has 1 unspecified atom stereocenters. The molecule has 1 atom stereocenters. The summed E-state index contributed by atoms with van der Waals surface area (Å²) >= 11 is 0. The Labute approximate surface area is 307 Å². The molecular weight excluding hydrogens is 622 g/mol. The molecule has 0 heterocycles. The molecule has 286 valence electrons. The van der Waals surface area contributed by atoms with Crippen molar-refractivity contribution in [1.82, 2.24) is 5.32 Å². The summed E-state index contributed by atoms with van der Waals surface area (Å²) in [7, 11) is 0. The second-order valence-corrected chi connectivity index (χ2v) is 13.5. The van der Waals surface area contributed by atoms with Crippen molar-refractivity contribution in [2.45, 2.75) is 193 Å². The summed E-state index contributed by atoms with van der Waals surface area (Å²) < 4.78 is 5.91. The lowest BCUT2D eigenvalue weighted by Crippen LogP contribution is -2.28. The number of allylic oxidation sites excluding steroid dienone is 9. The zero-order valence-corrected chi connectivity index (χ0v) is 32.2. The number of aliphatic carboxylic acids is 1. The van der Waals surface area contributed by atoms with Crippen LogP contribution in [-0.2, 0) is 19.1 Å². The minimum atomic E-state index is -1.02. The van der Waals surface area contributed by atoms with Gasteiger partial charge < -0.3 is 15.2 Å². The lowest BCUT2D eigenvalue weighted by atomic mass is 10.1. The maximum Gasteiger partial charge on any atom is 0.322 e. The standard InChI is InChI=1S/C44H75NO5/c1-3-5-7-9-11-13-14-15-16-17-18-19-20-21-22-23-25-31-35-39-44(49)50-41(36-32-28-24-12-10-8-6-4-2)37-33-29-26-27-30-34-38-42(46)45-40-43(47)48/h11-13,15-16,18-19,24,32,36,41H,3-10,14,17,20-23,25-31,33-35,37-40H2,1-2H3,(H,45,46)(H,47,48)/b13-11-,16-15-,19-18-,24-12-,36-32-. The van der Waals surface area contributed by atoms with Crippen molar-refractivity contribution in [2.24, 2.45) is 0 Å². The van der Waals surface area contributed by atoms with Gasteiger partial charge in [0.25, 0.3) is 0 Å². The van der Waals surface area contributed by atoms with Gasteiger partial charge in [-0.15, -0.1) is 0 Å². The fourth-order valence-electron chi connectivity index (χ4n) is 5.59. The topological polar surface area (TPSA) is 92.7 Å². The first-order chi connectivity index (χ1) is 24.5. The van der Waals surface area contributed by atoms with Crippen LogP contribution in [0.5, 0.6) is 0 Å². The van der Waals surface area contributed by atoms with Crippen LogP contribution in [0.15, 0.2) is 60.8 Å². The average Bonchev–Trinajstić information content (AvgIpc) is 3.10. The maximum absolute atomic E-state index is 12.7. The van der Waals surface area contributed by atoms with Crippen LogP contribution in [0.4, 0.5) is 0 Å². The molecule has 6 nitrogen and oxygen atoms in total. The first kappa shape index (κ1) is 47.1. The van der Waals surface area contributed by atoms with Crippen LogP contribution < -0.4 is 5.32 Å². The third-order valence-electron chi connectivity index (χ3n) is 8.65. The summed E-state index contributed by atoms with van der Waals surface area (Å²) in [5.74, 6) is -1.31. The summed E-state index contributed by atoms with van der Waals surface area (Å²) in [6, 6.07) is 0. The number of esters is 1. The first-order valence-corrected chi connectivity index (χ1v) is 20.4. The first-order valence-electron chi connectivity index (χ1n) is 20.4. The van der Waals surface area contributed by atoms with Crippen LogP contribution in [-0.4, -0.2) is 35.6 Å². The highest BCUT2D eigenvalue weighted by Gasteiger charge is 2.11. The number of hydrogen-bond donors (Lipinski definition) is 2. The van der Waals surface area contributed by atoms with E-state index in [1.54, 1.807) is 0 Å². The van der Waals surface area contributed by atoms with E-state index in [1.165, 1.54) is 70.6 Å². The molecule has 0 aliphatic carbocycles. The molecule has 0 saturated heterocycles. The van der Waals surface area contributed by atoms with E-state index < -0.39 is 5.97 Å². The normalized spacial score (nSPS) is 12.7. The number of nitrogens with one attached hydrogen (secondary N) is 1.